The summed E-state index contributed by atoms with van der Waals surface area (Å²) in [5.74, 6) is -1.61. The zero-order valence-corrected chi connectivity index (χ0v) is 10.4. The molecule has 19 heavy (non-hydrogen) atoms. The topological polar surface area (TPSA) is 38.1 Å². The van der Waals surface area contributed by atoms with Gasteiger partial charge in [0.1, 0.15) is 11.3 Å². The van der Waals surface area contributed by atoms with Gasteiger partial charge in [0.2, 0.25) is 5.95 Å². The van der Waals surface area contributed by atoms with Gasteiger partial charge in [-0.2, -0.15) is 9.49 Å². The molecular formula is C12H14F3N3O. The van der Waals surface area contributed by atoms with E-state index in [4.69, 9.17) is 0 Å². The van der Waals surface area contributed by atoms with Crippen molar-refractivity contribution in [1.82, 2.24) is 14.7 Å². The van der Waals surface area contributed by atoms with Crippen LogP contribution in [0.25, 0.3) is 0 Å². The lowest BCUT2D eigenvalue weighted by Gasteiger charge is -2.21. The monoisotopic (exact) mass is 273 g/mol. The number of halogens is 3. The van der Waals surface area contributed by atoms with E-state index in [1.54, 1.807) is 4.90 Å². The molecular weight excluding hydrogens is 259 g/mol. The zero-order chi connectivity index (χ0) is 13.7. The Labute approximate surface area is 108 Å². The normalized spacial score (nSPS) is 19.0. The maximum absolute atomic E-state index is 13.9. The maximum atomic E-state index is 13.9. The molecule has 1 aromatic rings. The summed E-state index contributed by atoms with van der Waals surface area (Å²) in [6.45, 7) is 0. The van der Waals surface area contributed by atoms with Crippen LogP contribution in [0.2, 0.25) is 0 Å². The van der Waals surface area contributed by atoms with Crippen molar-refractivity contribution >= 4 is 5.91 Å². The summed E-state index contributed by atoms with van der Waals surface area (Å²) in [6.07, 6.45) is 0.528. The molecule has 104 valence electrons. The van der Waals surface area contributed by atoms with Crippen LogP contribution in [-0.2, 0) is 7.05 Å². The Kier molecular flexibility index (Phi) is 2.79. The summed E-state index contributed by atoms with van der Waals surface area (Å²) in [6, 6.07) is 0.176. The first-order valence-corrected chi connectivity index (χ1v) is 6.34. The Morgan fingerprint density at radius 3 is 2.26 bits per heavy atom. The van der Waals surface area contributed by atoms with E-state index in [1.807, 2.05) is 0 Å². The van der Waals surface area contributed by atoms with Gasteiger partial charge in [-0.05, 0) is 25.7 Å². The minimum absolute atomic E-state index is 0.0881. The molecule has 0 spiro atoms. The summed E-state index contributed by atoms with van der Waals surface area (Å²) in [5, 5.41) is 3.42. The van der Waals surface area contributed by atoms with Crippen molar-refractivity contribution in [2.45, 2.75) is 44.2 Å². The van der Waals surface area contributed by atoms with Crippen molar-refractivity contribution in [2.75, 3.05) is 0 Å². The fourth-order valence-corrected chi connectivity index (χ4v) is 2.34. The van der Waals surface area contributed by atoms with Crippen LogP contribution in [0.5, 0.6) is 0 Å². The van der Waals surface area contributed by atoms with Crippen LogP contribution >= 0.6 is 0 Å². The standard InChI is InChI=1S/C12H14F3N3O/c1-17-11(15)8(9(16-17)10(13)14)12(19)18(6-2-3-6)7-4-5-7/h6-7,10H,2-5H2,1H3. The Morgan fingerprint density at radius 2 is 1.84 bits per heavy atom. The van der Waals surface area contributed by atoms with Crippen LogP contribution in [-0.4, -0.2) is 32.7 Å². The number of aromatic nitrogens is 2. The molecule has 1 heterocycles. The van der Waals surface area contributed by atoms with Gasteiger partial charge in [0, 0.05) is 19.1 Å². The highest BCUT2D eigenvalue weighted by Gasteiger charge is 2.44. The van der Waals surface area contributed by atoms with E-state index in [0.717, 1.165) is 25.7 Å². The van der Waals surface area contributed by atoms with Crippen molar-refractivity contribution in [3.63, 3.8) is 0 Å². The van der Waals surface area contributed by atoms with Gasteiger partial charge in [0.15, 0.2) is 0 Å². The highest BCUT2D eigenvalue weighted by molar-refractivity contribution is 5.96. The van der Waals surface area contributed by atoms with Crippen molar-refractivity contribution in [3.05, 3.63) is 17.2 Å². The van der Waals surface area contributed by atoms with Gasteiger partial charge in [-0.25, -0.2) is 13.5 Å². The average molecular weight is 273 g/mol. The first kappa shape index (κ1) is 12.5. The lowest BCUT2D eigenvalue weighted by atomic mass is 10.2. The molecule has 0 N–H and O–H groups in total. The van der Waals surface area contributed by atoms with Crippen LogP contribution in [0, 0.1) is 5.95 Å². The van der Waals surface area contributed by atoms with E-state index in [0.29, 0.717) is 4.68 Å². The average Bonchev–Trinajstić information content (AvgIpc) is 3.22. The van der Waals surface area contributed by atoms with E-state index in [-0.39, 0.29) is 12.1 Å². The van der Waals surface area contributed by atoms with Crippen LogP contribution < -0.4 is 0 Å². The molecule has 3 rings (SSSR count). The number of alkyl halides is 2. The van der Waals surface area contributed by atoms with E-state index in [1.165, 1.54) is 7.05 Å². The van der Waals surface area contributed by atoms with Crippen LogP contribution in [0.1, 0.15) is 48.2 Å². The molecule has 1 aromatic heterocycles. The maximum Gasteiger partial charge on any atom is 0.283 e. The molecule has 1 amide bonds. The molecule has 7 heteroatoms. The largest absolute Gasteiger partial charge is 0.332 e. The third-order valence-corrected chi connectivity index (χ3v) is 3.54. The second-order valence-corrected chi connectivity index (χ2v) is 5.15. The van der Waals surface area contributed by atoms with Gasteiger partial charge in [-0.3, -0.25) is 4.79 Å². The predicted octanol–water partition coefficient (Wildman–Crippen LogP) is 2.26. The second kappa shape index (κ2) is 4.25. The molecule has 2 fully saturated rings. The minimum atomic E-state index is -2.95. The van der Waals surface area contributed by atoms with Gasteiger partial charge in [-0.15, -0.1) is 0 Å². The molecule has 0 aromatic carbocycles. The highest BCUT2D eigenvalue weighted by atomic mass is 19.3. The molecule has 0 saturated heterocycles. The van der Waals surface area contributed by atoms with Gasteiger partial charge in [-0.1, -0.05) is 0 Å². The molecule has 2 aliphatic carbocycles. The summed E-state index contributed by atoms with van der Waals surface area (Å²) in [5.41, 5.74) is -1.31. The molecule has 0 atom stereocenters. The highest BCUT2D eigenvalue weighted by Crippen LogP contribution is 2.39. The Balaban J connectivity index is 1.97. The molecule has 0 unspecified atom stereocenters. The predicted molar refractivity (Wildman–Crippen MR) is 60.3 cm³/mol. The van der Waals surface area contributed by atoms with Gasteiger partial charge in [0.25, 0.3) is 12.3 Å². The number of hydrogen-bond donors (Lipinski definition) is 0. The van der Waals surface area contributed by atoms with E-state index >= 15 is 0 Å². The fraction of sp³-hybridized carbons (Fsp3) is 0.667. The van der Waals surface area contributed by atoms with Crippen molar-refractivity contribution < 1.29 is 18.0 Å². The molecule has 2 saturated carbocycles. The molecule has 4 nitrogen and oxygen atoms in total. The Bertz CT molecular complexity index is 509. The van der Waals surface area contributed by atoms with Crippen LogP contribution in [0.15, 0.2) is 0 Å². The number of nitrogens with zero attached hydrogens (tertiary/aromatic N) is 3. The first-order chi connectivity index (χ1) is 9.00. The van der Waals surface area contributed by atoms with Crippen molar-refractivity contribution in [1.29, 1.82) is 0 Å². The number of rotatable bonds is 4. The molecule has 0 bridgehead atoms. The van der Waals surface area contributed by atoms with E-state index in [2.05, 4.69) is 5.10 Å². The molecule has 2 aliphatic rings. The lowest BCUT2D eigenvalue weighted by Crippen LogP contribution is -2.36. The third kappa shape index (κ3) is 2.11. The van der Waals surface area contributed by atoms with Crippen LogP contribution in [0.4, 0.5) is 13.2 Å². The smallest absolute Gasteiger partial charge is 0.283 e. The number of hydrogen-bond acceptors (Lipinski definition) is 2. The fourth-order valence-electron chi connectivity index (χ4n) is 2.34. The SMILES string of the molecule is Cn1nc(C(F)F)c(C(=O)N(C2CC2)C2CC2)c1F. The third-order valence-electron chi connectivity index (χ3n) is 3.54. The van der Waals surface area contributed by atoms with Gasteiger partial charge >= 0.3 is 0 Å². The summed E-state index contributed by atoms with van der Waals surface area (Å²) in [4.78, 5) is 13.9. The van der Waals surface area contributed by atoms with Gasteiger partial charge in [0.05, 0.1) is 0 Å². The quantitative estimate of drug-likeness (QED) is 0.844. The Morgan fingerprint density at radius 1 is 1.32 bits per heavy atom. The van der Waals surface area contributed by atoms with Crippen LogP contribution in [0.3, 0.4) is 0 Å². The Hall–Kier alpha value is -1.53. The van der Waals surface area contributed by atoms with Crippen molar-refractivity contribution in [3.8, 4) is 0 Å². The second-order valence-electron chi connectivity index (χ2n) is 5.15. The molecule has 0 radical (unpaired) electrons. The van der Waals surface area contributed by atoms with E-state index < -0.39 is 29.5 Å². The number of carbonyl (C=O) groups excluding carboxylic acids is 1. The van der Waals surface area contributed by atoms with E-state index in [9.17, 15) is 18.0 Å². The van der Waals surface area contributed by atoms with Crippen molar-refractivity contribution in [2.24, 2.45) is 7.05 Å². The zero-order valence-electron chi connectivity index (χ0n) is 10.4. The number of carbonyl (C=O) groups is 1. The number of amides is 1. The lowest BCUT2D eigenvalue weighted by molar-refractivity contribution is 0.0712. The summed E-state index contributed by atoms with van der Waals surface area (Å²) < 4.78 is 40.3. The summed E-state index contributed by atoms with van der Waals surface area (Å²) >= 11 is 0. The number of aryl methyl sites for hydroxylation is 1. The first-order valence-electron chi connectivity index (χ1n) is 6.34. The summed E-state index contributed by atoms with van der Waals surface area (Å²) in [7, 11) is 1.22. The van der Waals surface area contributed by atoms with Gasteiger partial charge < -0.3 is 4.90 Å². The minimum Gasteiger partial charge on any atom is -0.332 e. The molecule has 0 aliphatic heterocycles.